The third-order valence-corrected chi connectivity index (χ3v) is 4.47. The van der Waals surface area contributed by atoms with E-state index in [9.17, 15) is 27.6 Å². The van der Waals surface area contributed by atoms with E-state index < -0.39 is 28.9 Å². The molecule has 3 aromatic rings. The van der Waals surface area contributed by atoms with Gasteiger partial charge in [0.05, 0.1) is 16.9 Å². The molecule has 12 heteroatoms. The molecule has 160 valence electrons. The van der Waals surface area contributed by atoms with Crippen molar-refractivity contribution in [3.63, 3.8) is 0 Å². The number of carbonyl (C=O) groups is 1. The van der Waals surface area contributed by atoms with Crippen LogP contribution in [0.15, 0.2) is 27.8 Å². The molecule has 3 rings (SSSR count). The Morgan fingerprint density at radius 3 is 2.57 bits per heavy atom. The van der Waals surface area contributed by atoms with Crippen LogP contribution in [0.4, 0.5) is 24.5 Å². The summed E-state index contributed by atoms with van der Waals surface area (Å²) in [5.74, 6) is -0.232. The predicted octanol–water partition coefficient (Wildman–Crippen LogP) is 1.61. The van der Waals surface area contributed by atoms with Gasteiger partial charge in [0.15, 0.2) is 5.65 Å². The lowest BCUT2D eigenvalue weighted by Gasteiger charge is -2.19. The fourth-order valence-electron chi connectivity index (χ4n) is 2.92. The normalized spacial score (nSPS) is 11.7. The van der Waals surface area contributed by atoms with E-state index in [1.165, 1.54) is 13.1 Å². The molecule has 0 radical (unpaired) electrons. The van der Waals surface area contributed by atoms with Crippen LogP contribution in [0.25, 0.3) is 11.2 Å². The molecule has 0 fully saturated rings. The smallest absolute Gasteiger partial charge is 0.376 e. The molecule has 0 aliphatic carbocycles. The van der Waals surface area contributed by atoms with E-state index in [1.54, 1.807) is 19.0 Å². The summed E-state index contributed by atoms with van der Waals surface area (Å²) >= 11 is 0. The van der Waals surface area contributed by atoms with Gasteiger partial charge in [-0.2, -0.15) is 13.2 Å². The molecule has 0 unspecified atom stereocenters. The number of aromatic amines is 2. The molecule has 9 nitrogen and oxygen atoms in total. The monoisotopic (exact) mass is 424 g/mol. The largest absolute Gasteiger partial charge is 0.416 e. The van der Waals surface area contributed by atoms with E-state index in [-0.39, 0.29) is 29.7 Å². The van der Waals surface area contributed by atoms with Crippen LogP contribution in [0.3, 0.4) is 0 Å². The van der Waals surface area contributed by atoms with Crippen LogP contribution < -0.4 is 21.5 Å². The van der Waals surface area contributed by atoms with Crippen molar-refractivity contribution in [2.45, 2.75) is 19.0 Å². The molecule has 3 N–H and O–H groups in total. The number of aryl methyl sites for hydroxylation is 2. The first-order valence-corrected chi connectivity index (χ1v) is 8.83. The highest BCUT2D eigenvalue weighted by atomic mass is 19.4. The first-order chi connectivity index (χ1) is 14.0. The molecule has 0 saturated carbocycles. The summed E-state index contributed by atoms with van der Waals surface area (Å²) in [6.07, 6.45) is -4.55. The number of H-pyrrole nitrogens is 2. The van der Waals surface area contributed by atoms with Gasteiger partial charge in [0, 0.05) is 34.0 Å². The number of hydrogen-bond donors (Lipinski definition) is 3. The van der Waals surface area contributed by atoms with Gasteiger partial charge >= 0.3 is 11.9 Å². The summed E-state index contributed by atoms with van der Waals surface area (Å²) < 4.78 is 40.2. The van der Waals surface area contributed by atoms with Gasteiger partial charge in [0.25, 0.3) is 5.56 Å². The molecule has 2 heterocycles. The van der Waals surface area contributed by atoms with Crippen molar-refractivity contribution >= 4 is 28.4 Å². The molecule has 30 heavy (non-hydrogen) atoms. The van der Waals surface area contributed by atoms with Crippen molar-refractivity contribution in [1.29, 1.82) is 0 Å². The van der Waals surface area contributed by atoms with Crippen molar-refractivity contribution in [1.82, 2.24) is 19.5 Å². The molecular weight excluding hydrogens is 405 g/mol. The minimum atomic E-state index is -4.54. The SMILES string of the molecule is CN(C)c1ccc(C(F)(F)F)cc1NC(=O)CCc1nc2c([nH]1)c(=O)[nH]c(=O)n2C. The highest BCUT2D eigenvalue weighted by Gasteiger charge is 2.31. The number of anilines is 2. The van der Waals surface area contributed by atoms with Gasteiger partial charge in [-0.3, -0.25) is 19.1 Å². The molecule has 0 bridgehead atoms. The summed E-state index contributed by atoms with van der Waals surface area (Å²) in [6, 6.07) is 3.11. The molecular formula is C18H19F3N6O3. The molecule has 1 amide bonds. The van der Waals surface area contributed by atoms with Crippen LogP contribution in [0.5, 0.6) is 0 Å². The fourth-order valence-corrected chi connectivity index (χ4v) is 2.92. The Labute approximate surface area is 167 Å². The van der Waals surface area contributed by atoms with Gasteiger partial charge in [0.1, 0.15) is 11.3 Å². The van der Waals surface area contributed by atoms with Gasteiger partial charge in [-0.05, 0) is 18.2 Å². The maximum absolute atomic E-state index is 13.0. The summed E-state index contributed by atoms with van der Waals surface area (Å²) in [4.78, 5) is 46.4. The van der Waals surface area contributed by atoms with Crippen LogP contribution in [0.1, 0.15) is 17.8 Å². The van der Waals surface area contributed by atoms with Crippen molar-refractivity contribution in [3.05, 3.63) is 50.4 Å². The third kappa shape index (κ3) is 4.21. The van der Waals surface area contributed by atoms with Gasteiger partial charge in [-0.25, -0.2) is 9.78 Å². The van der Waals surface area contributed by atoms with Gasteiger partial charge in [-0.15, -0.1) is 0 Å². The fraction of sp³-hybridized carbons (Fsp3) is 0.333. The van der Waals surface area contributed by atoms with Crippen molar-refractivity contribution in [2.75, 3.05) is 24.3 Å². The lowest BCUT2D eigenvalue weighted by molar-refractivity contribution is -0.137. The van der Waals surface area contributed by atoms with Crippen LogP contribution in [-0.2, 0) is 24.4 Å². The number of halogens is 3. The number of alkyl halides is 3. The Kier molecular flexibility index (Phi) is 5.42. The zero-order valence-electron chi connectivity index (χ0n) is 16.3. The number of imidazole rings is 1. The predicted molar refractivity (Wildman–Crippen MR) is 105 cm³/mol. The van der Waals surface area contributed by atoms with E-state index in [0.29, 0.717) is 11.5 Å². The molecule has 0 spiro atoms. The van der Waals surface area contributed by atoms with Crippen molar-refractivity contribution in [2.24, 2.45) is 7.05 Å². The molecule has 0 atom stereocenters. The third-order valence-electron chi connectivity index (χ3n) is 4.47. The highest BCUT2D eigenvalue weighted by molar-refractivity contribution is 5.94. The number of aromatic nitrogens is 4. The maximum atomic E-state index is 13.0. The quantitative estimate of drug-likeness (QED) is 0.576. The number of hydrogen-bond acceptors (Lipinski definition) is 5. The van der Waals surface area contributed by atoms with E-state index >= 15 is 0 Å². The topological polar surface area (TPSA) is 116 Å². The summed E-state index contributed by atoms with van der Waals surface area (Å²) in [5, 5.41) is 2.49. The summed E-state index contributed by atoms with van der Waals surface area (Å²) in [6.45, 7) is 0. The number of fused-ring (bicyclic) bond motifs is 1. The van der Waals surface area contributed by atoms with Crippen LogP contribution in [0, 0.1) is 0 Å². The standard InChI is InChI=1S/C18H19F3N6O3/c1-26(2)11-5-4-9(18(19,20)21)8-10(11)22-13(28)7-6-12-23-14-15(24-12)27(3)17(30)25-16(14)29/h4-5,8H,6-7H2,1-3H3,(H,22,28)(H,23,24)(H,25,29,30). The van der Waals surface area contributed by atoms with Crippen molar-refractivity contribution in [3.8, 4) is 0 Å². The zero-order valence-corrected chi connectivity index (χ0v) is 16.3. The average molecular weight is 424 g/mol. The molecule has 0 aliphatic rings. The van der Waals surface area contributed by atoms with Gasteiger partial charge in [-0.1, -0.05) is 0 Å². The maximum Gasteiger partial charge on any atom is 0.416 e. The van der Waals surface area contributed by atoms with E-state index in [1.807, 2.05) is 0 Å². The first-order valence-electron chi connectivity index (χ1n) is 8.83. The van der Waals surface area contributed by atoms with Gasteiger partial charge in [0.2, 0.25) is 5.91 Å². The Bertz CT molecular complexity index is 1220. The van der Waals surface area contributed by atoms with Crippen molar-refractivity contribution < 1.29 is 18.0 Å². The molecule has 0 aliphatic heterocycles. The number of nitrogens with zero attached hydrogens (tertiary/aromatic N) is 3. The summed E-state index contributed by atoms with van der Waals surface area (Å²) in [7, 11) is 4.73. The molecule has 0 saturated heterocycles. The number of carbonyl (C=O) groups excluding carboxylic acids is 1. The minimum Gasteiger partial charge on any atom is -0.376 e. The number of amides is 1. The number of benzene rings is 1. The molecule has 1 aromatic carbocycles. The van der Waals surface area contributed by atoms with Crippen LogP contribution in [0.2, 0.25) is 0 Å². The van der Waals surface area contributed by atoms with E-state index in [4.69, 9.17) is 0 Å². The number of rotatable bonds is 5. The highest BCUT2D eigenvalue weighted by Crippen LogP contribution is 2.35. The lowest BCUT2D eigenvalue weighted by atomic mass is 10.1. The molecule has 2 aromatic heterocycles. The average Bonchev–Trinajstić information content (AvgIpc) is 3.09. The van der Waals surface area contributed by atoms with E-state index in [0.717, 1.165) is 16.7 Å². The van der Waals surface area contributed by atoms with Gasteiger partial charge < -0.3 is 15.2 Å². The Morgan fingerprint density at radius 1 is 1.23 bits per heavy atom. The second kappa shape index (κ2) is 7.69. The Morgan fingerprint density at radius 2 is 1.93 bits per heavy atom. The minimum absolute atomic E-state index is 0.0308. The van der Waals surface area contributed by atoms with Crippen LogP contribution in [-0.4, -0.2) is 39.5 Å². The lowest BCUT2D eigenvalue weighted by Crippen LogP contribution is -2.28. The zero-order chi connectivity index (χ0) is 22.2. The second-order valence-electron chi connectivity index (χ2n) is 6.87. The number of nitrogens with one attached hydrogen (secondary N) is 3. The Hall–Kier alpha value is -3.57. The van der Waals surface area contributed by atoms with E-state index in [2.05, 4.69) is 20.3 Å². The Balaban J connectivity index is 1.79. The first kappa shape index (κ1) is 21.1. The van der Waals surface area contributed by atoms with Crippen LogP contribution >= 0.6 is 0 Å². The summed E-state index contributed by atoms with van der Waals surface area (Å²) in [5.41, 5.74) is -1.43. The second-order valence-corrected chi connectivity index (χ2v) is 6.87.